The predicted molar refractivity (Wildman–Crippen MR) is 76.1 cm³/mol. The largest absolute Gasteiger partial charge is 0.497 e. The average molecular weight is 289 g/mol. The SMILES string of the molecule is COc1ccc(Cn2nnnc2C2(C)COCCN2)cc1. The van der Waals surface area contributed by atoms with Gasteiger partial charge in [-0.3, -0.25) is 0 Å². The van der Waals surface area contributed by atoms with Crippen LogP contribution in [0.5, 0.6) is 5.75 Å². The van der Waals surface area contributed by atoms with Crippen molar-refractivity contribution in [2.24, 2.45) is 0 Å². The van der Waals surface area contributed by atoms with Gasteiger partial charge in [-0.05, 0) is 35.0 Å². The highest BCUT2D eigenvalue weighted by Gasteiger charge is 2.34. The van der Waals surface area contributed by atoms with E-state index >= 15 is 0 Å². The van der Waals surface area contributed by atoms with Crippen molar-refractivity contribution in [3.05, 3.63) is 35.7 Å². The fraction of sp³-hybridized carbons (Fsp3) is 0.500. The fourth-order valence-electron chi connectivity index (χ4n) is 2.48. The normalized spacial score (nSPS) is 22.2. The van der Waals surface area contributed by atoms with Crippen LogP contribution in [0.15, 0.2) is 24.3 Å². The van der Waals surface area contributed by atoms with Gasteiger partial charge in [0.2, 0.25) is 0 Å². The molecule has 1 aliphatic heterocycles. The number of hydrogen-bond donors (Lipinski definition) is 1. The summed E-state index contributed by atoms with van der Waals surface area (Å²) in [6.07, 6.45) is 0. The van der Waals surface area contributed by atoms with E-state index in [1.54, 1.807) is 7.11 Å². The maximum absolute atomic E-state index is 5.56. The third-order valence-electron chi connectivity index (χ3n) is 3.67. The van der Waals surface area contributed by atoms with E-state index in [4.69, 9.17) is 9.47 Å². The van der Waals surface area contributed by atoms with Gasteiger partial charge in [0.15, 0.2) is 5.82 Å². The van der Waals surface area contributed by atoms with Gasteiger partial charge in [-0.25, -0.2) is 4.68 Å². The third kappa shape index (κ3) is 2.88. The highest BCUT2D eigenvalue weighted by Crippen LogP contribution is 2.21. The summed E-state index contributed by atoms with van der Waals surface area (Å²) < 4.78 is 12.5. The molecule has 1 aromatic carbocycles. The summed E-state index contributed by atoms with van der Waals surface area (Å²) in [5, 5.41) is 15.5. The topological polar surface area (TPSA) is 74.1 Å². The highest BCUT2D eigenvalue weighted by atomic mass is 16.5. The minimum atomic E-state index is -0.353. The molecule has 1 unspecified atom stereocenters. The first-order chi connectivity index (χ1) is 10.2. The van der Waals surface area contributed by atoms with Crippen LogP contribution in [0.25, 0.3) is 0 Å². The maximum Gasteiger partial charge on any atom is 0.173 e. The first-order valence-electron chi connectivity index (χ1n) is 6.94. The number of tetrazole rings is 1. The van der Waals surface area contributed by atoms with Gasteiger partial charge in [-0.1, -0.05) is 12.1 Å². The zero-order valence-electron chi connectivity index (χ0n) is 12.2. The lowest BCUT2D eigenvalue weighted by Gasteiger charge is -2.33. The molecule has 1 saturated heterocycles. The van der Waals surface area contributed by atoms with E-state index in [1.807, 2.05) is 28.9 Å². The second-order valence-electron chi connectivity index (χ2n) is 5.32. The maximum atomic E-state index is 5.56. The lowest BCUT2D eigenvalue weighted by molar-refractivity contribution is 0.0280. The number of nitrogens with zero attached hydrogens (tertiary/aromatic N) is 4. The van der Waals surface area contributed by atoms with Gasteiger partial charge in [0.1, 0.15) is 11.3 Å². The van der Waals surface area contributed by atoms with Crippen molar-refractivity contribution in [2.75, 3.05) is 26.9 Å². The molecular formula is C14H19N5O2. The van der Waals surface area contributed by atoms with Gasteiger partial charge in [0, 0.05) is 6.54 Å². The van der Waals surface area contributed by atoms with Gasteiger partial charge in [-0.15, -0.1) is 5.10 Å². The predicted octanol–water partition coefficient (Wildman–Crippen LogP) is 0.565. The molecule has 2 aromatic rings. The molecule has 1 atom stereocenters. The molecule has 0 amide bonds. The first-order valence-corrected chi connectivity index (χ1v) is 6.94. The minimum Gasteiger partial charge on any atom is -0.497 e. The molecule has 7 nitrogen and oxygen atoms in total. The van der Waals surface area contributed by atoms with Gasteiger partial charge < -0.3 is 14.8 Å². The van der Waals surface area contributed by atoms with Crippen LogP contribution in [0.3, 0.4) is 0 Å². The van der Waals surface area contributed by atoms with Crippen LogP contribution in [-0.4, -0.2) is 47.1 Å². The molecule has 1 fully saturated rings. The zero-order chi connectivity index (χ0) is 14.7. The molecule has 7 heteroatoms. The van der Waals surface area contributed by atoms with Gasteiger partial charge in [0.25, 0.3) is 0 Å². The first kappa shape index (κ1) is 14.0. The van der Waals surface area contributed by atoms with Crippen molar-refractivity contribution in [3.8, 4) is 5.75 Å². The quantitative estimate of drug-likeness (QED) is 0.887. The van der Waals surface area contributed by atoms with Crippen molar-refractivity contribution < 1.29 is 9.47 Å². The Balaban J connectivity index is 1.81. The van der Waals surface area contributed by atoms with Crippen LogP contribution in [0, 0.1) is 0 Å². The Morgan fingerprint density at radius 1 is 1.38 bits per heavy atom. The second-order valence-corrected chi connectivity index (χ2v) is 5.32. The number of ether oxygens (including phenoxy) is 2. The van der Waals surface area contributed by atoms with Crippen molar-refractivity contribution >= 4 is 0 Å². The van der Waals surface area contributed by atoms with E-state index < -0.39 is 0 Å². The van der Waals surface area contributed by atoms with Crippen LogP contribution in [-0.2, 0) is 16.8 Å². The number of hydrogen-bond acceptors (Lipinski definition) is 6. The van der Waals surface area contributed by atoms with Crippen LogP contribution in [0.1, 0.15) is 18.3 Å². The number of methoxy groups -OCH3 is 1. The molecule has 0 spiro atoms. The monoisotopic (exact) mass is 289 g/mol. The molecule has 0 bridgehead atoms. The Morgan fingerprint density at radius 2 is 2.19 bits per heavy atom. The smallest absolute Gasteiger partial charge is 0.173 e. The van der Waals surface area contributed by atoms with Gasteiger partial charge in [-0.2, -0.15) is 0 Å². The molecule has 112 valence electrons. The van der Waals surface area contributed by atoms with Crippen molar-refractivity contribution in [1.29, 1.82) is 0 Å². The third-order valence-corrected chi connectivity index (χ3v) is 3.67. The van der Waals surface area contributed by atoms with E-state index in [0.29, 0.717) is 13.2 Å². The van der Waals surface area contributed by atoms with Gasteiger partial charge >= 0.3 is 0 Å². The molecule has 21 heavy (non-hydrogen) atoms. The summed E-state index contributed by atoms with van der Waals surface area (Å²) in [5.41, 5.74) is 0.762. The summed E-state index contributed by atoms with van der Waals surface area (Å²) in [4.78, 5) is 0. The van der Waals surface area contributed by atoms with E-state index in [-0.39, 0.29) is 5.54 Å². The van der Waals surface area contributed by atoms with E-state index in [1.165, 1.54) is 0 Å². The lowest BCUT2D eigenvalue weighted by Crippen LogP contribution is -2.51. The molecule has 1 aromatic heterocycles. The molecule has 2 heterocycles. The van der Waals surface area contributed by atoms with Crippen LogP contribution in [0.4, 0.5) is 0 Å². The van der Waals surface area contributed by atoms with E-state index in [9.17, 15) is 0 Å². The Morgan fingerprint density at radius 3 is 2.86 bits per heavy atom. The Hall–Kier alpha value is -1.99. The van der Waals surface area contributed by atoms with Gasteiger partial charge in [0.05, 0.1) is 26.9 Å². The molecule has 1 N–H and O–H groups in total. The summed E-state index contributed by atoms with van der Waals surface area (Å²) in [6, 6.07) is 7.89. The Labute approximate surface area is 123 Å². The fourth-order valence-corrected chi connectivity index (χ4v) is 2.48. The Bertz CT molecular complexity index is 590. The van der Waals surface area contributed by atoms with Crippen molar-refractivity contribution in [3.63, 3.8) is 0 Å². The number of rotatable bonds is 4. The number of morpholine rings is 1. The molecule has 3 rings (SSSR count). The van der Waals surface area contributed by atoms with E-state index in [0.717, 1.165) is 30.3 Å². The standard InChI is InChI=1S/C14H19N5O2/c1-14(10-21-8-7-15-14)13-16-17-18-19(13)9-11-3-5-12(20-2)6-4-11/h3-6,15H,7-10H2,1-2H3. The lowest BCUT2D eigenvalue weighted by atomic mass is 10.0. The molecule has 1 aliphatic rings. The second kappa shape index (κ2) is 5.79. The van der Waals surface area contributed by atoms with E-state index in [2.05, 4.69) is 27.8 Å². The van der Waals surface area contributed by atoms with Crippen molar-refractivity contribution in [2.45, 2.75) is 19.0 Å². The summed E-state index contributed by atoms with van der Waals surface area (Å²) >= 11 is 0. The van der Waals surface area contributed by atoms with Crippen LogP contribution < -0.4 is 10.1 Å². The summed E-state index contributed by atoms with van der Waals surface area (Å²) in [7, 11) is 1.66. The molecule has 0 saturated carbocycles. The molecule has 0 aliphatic carbocycles. The van der Waals surface area contributed by atoms with Crippen molar-refractivity contribution in [1.82, 2.24) is 25.5 Å². The minimum absolute atomic E-state index is 0.353. The number of benzene rings is 1. The molecule has 0 radical (unpaired) electrons. The van der Waals surface area contributed by atoms with Crippen LogP contribution >= 0.6 is 0 Å². The zero-order valence-corrected chi connectivity index (χ0v) is 12.2. The number of nitrogens with one attached hydrogen (secondary N) is 1. The summed E-state index contributed by atoms with van der Waals surface area (Å²) in [5.74, 6) is 1.63. The molecular weight excluding hydrogens is 270 g/mol. The highest BCUT2D eigenvalue weighted by molar-refractivity contribution is 5.27. The average Bonchev–Trinajstić information content (AvgIpc) is 2.98. The van der Waals surface area contributed by atoms with Crippen LogP contribution in [0.2, 0.25) is 0 Å². The number of aromatic nitrogens is 4. The summed E-state index contributed by atoms with van der Waals surface area (Å²) in [6.45, 7) is 4.75. The Kier molecular flexibility index (Phi) is 3.85.